The van der Waals surface area contributed by atoms with Crippen molar-refractivity contribution in [3.63, 3.8) is 0 Å². The Morgan fingerprint density at radius 3 is 3.06 bits per heavy atom. The van der Waals surface area contributed by atoms with Crippen LogP contribution in [0.15, 0.2) is 0 Å². The standard InChI is InChI=1S/C11H24N4O2/c1-3-15-7-4-5-10(15)9-14(2)8-6-11(16)17-13-12/h10,13H,3-9,12H2,1-2H3. The maximum Gasteiger partial charge on any atom is 0.327 e. The zero-order valence-corrected chi connectivity index (χ0v) is 10.8. The second-order valence-corrected chi connectivity index (χ2v) is 4.53. The molecule has 1 aliphatic rings. The average molecular weight is 244 g/mol. The van der Waals surface area contributed by atoms with Gasteiger partial charge in [-0.1, -0.05) is 12.5 Å². The molecular weight excluding hydrogens is 220 g/mol. The second-order valence-electron chi connectivity index (χ2n) is 4.53. The van der Waals surface area contributed by atoms with E-state index in [0.717, 1.165) is 13.1 Å². The maximum atomic E-state index is 11.1. The molecule has 0 radical (unpaired) electrons. The van der Waals surface area contributed by atoms with E-state index in [9.17, 15) is 4.79 Å². The van der Waals surface area contributed by atoms with Gasteiger partial charge >= 0.3 is 5.97 Å². The highest BCUT2D eigenvalue weighted by Gasteiger charge is 2.23. The molecule has 1 saturated heterocycles. The van der Waals surface area contributed by atoms with Gasteiger partial charge in [-0.05, 0) is 33.0 Å². The molecule has 1 fully saturated rings. The van der Waals surface area contributed by atoms with Gasteiger partial charge in [0.05, 0.1) is 6.42 Å². The van der Waals surface area contributed by atoms with Crippen LogP contribution in [0.5, 0.6) is 0 Å². The molecule has 0 aromatic carbocycles. The van der Waals surface area contributed by atoms with Gasteiger partial charge in [0.15, 0.2) is 0 Å². The summed E-state index contributed by atoms with van der Waals surface area (Å²) in [6.45, 7) is 6.22. The van der Waals surface area contributed by atoms with Crippen LogP contribution in [0.1, 0.15) is 26.2 Å². The minimum absolute atomic E-state index is 0.321. The Morgan fingerprint density at radius 2 is 2.41 bits per heavy atom. The van der Waals surface area contributed by atoms with Crippen molar-refractivity contribution in [1.82, 2.24) is 15.4 Å². The quantitative estimate of drug-likeness (QED) is 0.474. The average Bonchev–Trinajstić information content (AvgIpc) is 2.74. The van der Waals surface area contributed by atoms with E-state index in [1.54, 1.807) is 0 Å². The molecule has 1 rings (SSSR count). The van der Waals surface area contributed by atoms with Gasteiger partial charge in [0.25, 0.3) is 0 Å². The first-order valence-electron chi connectivity index (χ1n) is 6.25. The lowest BCUT2D eigenvalue weighted by Crippen LogP contribution is -2.39. The van der Waals surface area contributed by atoms with E-state index < -0.39 is 0 Å². The van der Waals surface area contributed by atoms with Gasteiger partial charge in [-0.2, -0.15) is 0 Å². The molecule has 6 nitrogen and oxygen atoms in total. The van der Waals surface area contributed by atoms with Crippen LogP contribution >= 0.6 is 0 Å². The normalized spacial score (nSPS) is 21.1. The van der Waals surface area contributed by atoms with Crippen LogP contribution in [0.25, 0.3) is 0 Å². The van der Waals surface area contributed by atoms with Crippen LogP contribution in [0.4, 0.5) is 0 Å². The van der Waals surface area contributed by atoms with E-state index >= 15 is 0 Å². The summed E-state index contributed by atoms with van der Waals surface area (Å²) < 4.78 is 0. The van der Waals surface area contributed by atoms with Gasteiger partial charge in [0.1, 0.15) is 0 Å². The molecule has 6 heteroatoms. The molecular formula is C11H24N4O2. The summed E-state index contributed by atoms with van der Waals surface area (Å²) in [6.07, 6.45) is 2.90. The number of carbonyl (C=O) groups excluding carboxylic acids is 1. The first kappa shape index (κ1) is 14.4. The Hall–Kier alpha value is -0.690. The van der Waals surface area contributed by atoms with Gasteiger partial charge in [0.2, 0.25) is 0 Å². The second kappa shape index (κ2) is 7.60. The third kappa shape index (κ3) is 4.99. The summed E-state index contributed by atoms with van der Waals surface area (Å²) in [7, 11) is 2.04. The van der Waals surface area contributed by atoms with Crippen LogP contribution in [0.3, 0.4) is 0 Å². The van der Waals surface area contributed by atoms with Crippen LogP contribution in [0, 0.1) is 0 Å². The Bertz CT molecular complexity index is 238. The molecule has 0 saturated carbocycles. The maximum absolute atomic E-state index is 11.1. The lowest BCUT2D eigenvalue weighted by Gasteiger charge is -2.27. The summed E-state index contributed by atoms with van der Waals surface area (Å²) >= 11 is 0. The van der Waals surface area contributed by atoms with Crippen molar-refractivity contribution in [3.8, 4) is 0 Å². The van der Waals surface area contributed by atoms with Crippen LogP contribution in [-0.4, -0.2) is 55.0 Å². The highest BCUT2D eigenvalue weighted by atomic mass is 16.7. The van der Waals surface area contributed by atoms with Crippen molar-refractivity contribution in [3.05, 3.63) is 0 Å². The first-order chi connectivity index (χ1) is 8.17. The smallest absolute Gasteiger partial charge is 0.327 e. The fourth-order valence-electron chi connectivity index (χ4n) is 2.37. The zero-order valence-electron chi connectivity index (χ0n) is 10.8. The molecule has 0 spiro atoms. The van der Waals surface area contributed by atoms with Crippen LogP contribution in [-0.2, 0) is 9.63 Å². The van der Waals surface area contributed by atoms with E-state index in [0.29, 0.717) is 19.0 Å². The number of hydrazine groups is 1. The molecule has 0 aromatic heterocycles. The van der Waals surface area contributed by atoms with E-state index in [4.69, 9.17) is 5.84 Å². The lowest BCUT2D eigenvalue weighted by molar-refractivity contribution is -0.151. The topological polar surface area (TPSA) is 70.8 Å². The molecule has 1 unspecified atom stereocenters. The number of nitrogens with one attached hydrogen (secondary N) is 1. The Balaban J connectivity index is 2.20. The van der Waals surface area contributed by atoms with Gasteiger partial charge in [0, 0.05) is 19.1 Å². The molecule has 0 aliphatic carbocycles. The number of likely N-dealkylation sites (tertiary alicyclic amines) is 1. The predicted octanol–water partition coefficient (Wildman–Crippen LogP) is -0.286. The SMILES string of the molecule is CCN1CCCC1CN(C)CCC(=O)ONN. The van der Waals surface area contributed by atoms with E-state index in [1.807, 2.05) is 12.6 Å². The number of hydrogen-bond donors (Lipinski definition) is 2. The predicted molar refractivity (Wildman–Crippen MR) is 65.8 cm³/mol. The Kier molecular flexibility index (Phi) is 6.43. The number of nitrogens with two attached hydrogens (primary N) is 1. The van der Waals surface area contributed by atoms with Gasteiger partial charge in [-0.25, -0.2) is 5.84 Å². The summed E-state index contributed by atoms with van der Waals surface area (Å²) in [5.41, 5.74) is 1.90. The van der Waals surface area contributed by atoms with Gasteiger partial charge < -0.3 is 9.74 Å². The largest absolute Gasteiger partial charge is 0.356 e. The third-order valence-electron chi connectivity index (χ3n) is 3.30. The number of likely N-dealkylation sites (N-methyl/N-ethyl adjacent to an activating group) is 2. The first-order valence-corrected chi connectivity index (χ1v) is 6.25. The number of nitrogens with zero attached hydrogens (tertiary/aromatic N) is 2. The molecule has 0 bridgehead atoms. The van der Waals surface area contributed by atoms with Crippen molar-refractivity contribution in [1.29, 1.82) is 0 Å². The minimum atomic E-state index is -0.321. The third-order valence-corrected chi connectivity index (χ3v) is 3.30. The molecule has 1 aliphatic heterocycles. The van der Waals surface area contributed by atoms with E-state index in [-0.39, 0.29) is 5.97 Å². The fraction of sp³-hybridized carbons (Fsp3) is 0.909. The van der Waals surface area contributed by atoms with Crippen LogP contribution in [0.2, 0.25) is 0 Å². The van der Waals surface area contributed by atoms with E-state index in [2.05, 4.69) is 21.6 Å². The number of rotatable bonds is 7. The molecule has 100 valence electrons. The van der Waals surface area contributed by atoms with Crippen molar-refractivity contribution in [2.45, 2.75) is 32.2 Å². The Morgan fingerprint density at radius 1 is 1.65 bits per heavy atom. The molecule has 17 heavy (non-hydrogen) atoms. The van der Waals surface area contributed by atoms with Crippen LogP contribution < -0.4 is 11.4 Å². The molecule has 3 N–H and O–H groups in total. The molecule has 0 aromatic rings. The summed E-state index contributed by atoms with van der Waals surface area (Å²) in [4.78, 5) is 20.2. The summed E-state index contributed by atoms with van der Waals surface area (Å²) in [5.74, 6) is 4.57. The van der Waals surface area contributed by atoms with Crippen molar-refractivity contribution in [2.24, 2.45) is 5.84 Å². The molecule has 1 atom stereocenters. The highest BCUT2D eigenvalue weighted by Crippen LogP contribution is 2.17. The summed E-state index contributed by atoms with van der Waals surface area (Å²) in [5, 5.41) is 0. The highest BCUT2D eigenvalue weighted by molar-refractivity contribution is 5.69. The number of hydrogen-bond acceptors (Lipinski definition) is 6. The Labute approximate surface area is 103 Å². The van der Waals surface area contributed by atoms with Gasteiger partial charge in [-0.3, -0.25) is 9.69 Å². The lowest BCUT2D eigenvalue weighted by atomic mass is 10.2. The van der Waals surface area contributed by atoms with Crippen molar-refractivity contribution in [2.75, 3.05) is 33.2 Å². The fourth-order valence-corrected chi connectivity index (χ4v) is 2.37. The van der Waals surface area contributed by atoms with Crippen molar-refractivity contribution < 1.29 is 9.63 Å². The monoisotopic (exact) mass is 244 g/mol. The van der Waals surface area contributed by atoms with Crippen molar-refractivity contribution >= 4 is 5.97 Å². The minimum Gasteiger partial charge on any atom is -0.356 e. The summed E-state index contributed by atoms with van der Waals surface area (Å²) in [6, 6.07) is 0.633. The zero-order chi connectivity index (χ0) is 12.7. The molecule has 1 heterocycles. The molecule has 0 amide bonds. The number of carbonyl (C=O) groups is 1. The van der Waals surface area contributed by atoms with E-state index in [1.165, 1.54) is 19.4 Å². The van der Waals surface area contributed by atoms with Gasteiger partial charge in [-0.15, -0.1) is 0 Å².